The molecule has 0 aromatic heterocycles. The average Bonchev–Trinajstić information content (AvgIpc) is 4.07. The van der Waals surface area contributed by atoms with Gasteiger partial charge in [0, 0.05) is 29.2 Å². The van der Waals surface area contributed by atoms with Crippen LogP contribution in [0.1, 0.15) is 97.2 Å². The van der Waals surface area contributed by atoms with Gasteiger partial charge in [-0.3, -0.25) is 15.3 Å². The normalized spacial score (nSPS) is 33.4. The van der Waals surface area contributed by atoms with Crippen molar-refractivity contribution in [3.8, 4) is 28.7 Å². The van der Waals surface area contributed by atoms with E-state index in [1.54, 1.807) is 18.2 Å². The number of aliphatic imine (C=N–C) groups is 2. The lowest BCUT2D eigenvalue weighted by molar-refractivity contribution is -0.167. The molecule has 322 valence electrons. The maximum atomic E-state index is 12.5. The smallest absolute Gasteiger partial charge is 0.169 e. The van der Waals surface area contributed by atoms with E-state index in [1.807, 2.05) is 12.1 Å². The number of rotatable bonds is 6. The molecule has 2 aliphatic heterocycles. The molecule has 9 heteroatoms. The van der Waals surface area contributed by atoms with E-state index >= 15 is 0 Å². The molecular weight excluding hydrogens is 787 g/mol. The maximum absolute atomic E-state index is 12.5. The molecule has 6 aliphatic carbocycles. The predicted octanol–water partition coefficient (Wildman–Crippen LogP) is 9.53. The molecule has 4 aromatic rings. The fourth-order valence-electron chi connectivity index (χ4n) is 15.1. The van der Waals surface area contributed by atoms with Crippen molar-refractivity contribution in [2.24, 2.45) is 44.0 Å². The van der Waals surface area contributed by atoms with Gasteiger partial charge < -0.3 is 30.6 Å². The van der Waals surface area contributed by atoms with Gasteiger partial charge in [0.15, 0.2) is 23.0 Å². The number of aliphatic hydroxyl groups is 1. The van der Waals surface area contributed by atoms with Crippen LogP contribution in [0.4, 0.5) is 0 Å². The molecule has 63 heavy (non-hydrogen) atoms. The monoisotopic (exact) mass is 841 g/mol. The summed E-state index contributed by atoms with van der Waals surface area (Å²) in [5.41, 5.74) is 9.19. The minimum Gasteiger partial charge on any atom is -0.507 e. The zero-order valence-corrected chi connectivity index (χ0v) is 35.5. The van der Waals surface area contributed by atoms with Crippen LogP contribution in [0.3, 0.4) is 0 Å². The van der Waals surface area contributed by atoms with Gasteiger partial charge in [0.05, 0.1) is 23.2 Å². The summed E-state index contributed by atoms with van der Waals surface area (Å²) in [5.74, 6) is -0.212. The maximum Gasteiger partial charge on any atom is 0.169 e. The highest BCUT2D eigenvalue weighted by atomic mass is 16.3. The van der Waals surface area contributed by atoms with Gasteiger partial charge in [-0.25, -0.2) is 0 Å². The molecule has 2 spiro atoms. The fourth-order valence-corrected chi connectivity index (χ4v) is 15.1. The summed E-state index contributed by atoms with van der Waals surface area (Å²) in [4.78, 5) is 10.1. The predicted molar refractivity (Wildman–Crippen MR) is 246 cm³/mol. The summed E-state index contributed by atoms with van der Waals surface area (Å²) < 4.78 is 0. The molecule has 8 aliphatic rings. The molecule has 0 radical (unpaired) electrons. The first-order valence-electron chi connectivity index (χ1n) is 23.2. The largest absolute Gasteiger partial charge is 0.507 e. The van der Waals surface area contributed by atoms with Crippen molar-refractivity contribution in [2.45, 2.75) is 95.2 Å². The molecular formula is C54H55N3O6. The van der Waals surface area contributed by atoms with Crippen molar-refractivity contribution < 1.29 is 30.6 Å². The molecule has 9 nitrogen and oxygen atoms in total. The summed E-state index contributed by atoms with van der Waals surface area (Å²) in [7, 11) is 0. The number of aromatic hydroxyl groups is 5. The highest BCUT2D eigenvalue weighted by molar-refractivity contribution is 6.35. The van der Waals surface area contributed by atoms with Crippen LogP contribution in [-0.4, -0.2) is 61.4 Å². The third-order valence-electron chi connectivity index (χ3n) is 17.5. The van der Waals surface area contributed by atoms with Gasteiger partial charge in [0.25, 0.3) is 0 Å². The summed E-state index contributed by atoms with van der Waals surface area (Å²) >= 11 is 0. The van der Waals surface area contributed by atoms with E-state index in [9.17, 15) is 30.6 Å². The number of nitrogens with one attached hydrogen (secondary N) is 1. The summed E-state index contributed by atoms with van der Waals surface area (Å²) in [6, 6.07) is 16.4. The standard InChI is InChI=1S/C54H55N3O6/c58-41-18-11-31(25-44(41)61)9-16-38-39-6-1-7-42(59)46(39)49(63)48(62)40(38)17-10-30-8-15-37-32(24-30)12-13-33-26-34-27-36-5-3-21-53(36)23-22-52-20-2-4-35(52)14-19-43(60)50(52)54(53,45-28-55-29-56-45)51(34)57-47(33)37/h1,6-9,11,14-16,18-19,24-28,35-36,43,47,50-51,57-63H,2-5,10,12-13,17,20-23,29H2/b16-9+/t35-,36+,43+,47-,50+,51+,52+,53-,54-/m0/s1. The van der Waals surface area contributed by atoms with Gasteiger partial charge in [0.1, 0.15) is 12.4 Å². The Morgan fingerprint density at radius 3 is 2.52 bits per heavy atom. The number of phenols is 5. The Bertz CT molecular complexity index is 2800. The Morgan fingerprint density at radius 1 is 0.794 bits per heavy atom. The first-order valence-corrected chi connectivity index (χ1v) is 23.2. The lowest BCUT2D eigenvalue weighted by atomic mass is 9.34. The Kier molecular flexibility index (Phi) is 8.78. The van der Waals surface area contributed by atoms with Crippen molar-refractivity contribution in [3.05, 3.63) is 123 Å². The highest BCUT2D eigenvalue weighted by Gasteiger charge is 2.76. The van der Waals surface area contributed by atoms with Crippen LogP contribution in [0.2, 0.25) is 0 Å². The Morgan fingerprint density at radius 2 is 1.67 bits per heavy atom. The van der Waals surface area contributed by atoms with Gasteiger partial charge in [-0.05, 0) is 149 Å². The van der Waals surface area contributed by atoms with E-state index in [0.717, 1.165) is 30.5 Å². The number of aryl methyl sites for hydroxylation is 2. The summed E-state index contributed by atoms with van der Waals surface area (Å²) in [5, 5.41) is 71.2. The van der Waals surface area contributed by atoms with Crippen molar-refractivity contribution in [1.29, 1.82) is 0 Å². The van der Waals surface area contributed by atoms with Gasteiger partial charge >= 0.3 is 0 Å². The van der Waals surface area contributed by atoms with E-state index in [2.05, 4.69) is 54.0 Å². The first-order chi connectivity index (χ1) is 30.6. The van der Waals surface area contributed by atoms with Crippen LogP contribution in [0.5, 0.6) is 28.7 Å². The average molecular weight is 842 g/mol. The van der Waals surface area contributed by atoms with E-state index in [-0.39, 0.29) is 68.4 Å². The number of aliphatic hydroxyl groups excluding tert-OH is 1. The van der Waals surface area contributed by atoms with Gasteiger partial charge in [0.2, 0.25) is 0 Å². The fraction of sp³-hybridized carbons (Fsp3) is 0.407. The van der Waals surface area contributed by atoms with Crippen LogP contribution in [0.15, 0.2) is 100 Å². The molecule has 3 saturated carbocycles. The third-order valence-corrected chi connectivity index (χ3v) is 17.5. The number of fused-ring (bicyclic) bond motifs is 7. The SMILES string of the molecule is Oc1ccc(/C=C/c2c(CCc3ccc4c(c3)CCC3=CC5=C[C@H]6CCC[C@]67CC[C@]68CCC[C@H]6C=C[C@@H](O)[C@H]8[C@@]7(C6=NCN=C6)[C@@H]5N[C@@H]34)c(O)c(O)c3c(O)cccc23)cc1O. The molecule has 0 saturated heterocycles. The molecule has 4 aromatic carbocycles. The lowest BCUT2D eigenvalue weighted by Gasteiger charge is -2.71. The Balaban J connectivity index is 0.907. The van der Waals surface area contributed by atoms with Gasteiger partial charge in [-0.2, -0.15) is 0 Å². The second-order valence-corrected chi connectivity index (χ2v) is 19.9. The minimum atomic E-state index is -0.533. The van der Waals surface area contributed by atoms with Crippen LogP contribution in [-0.2, 0) is 19.3 Å². The van der Waals surface area contributed by atoms with Gasteiger partial charge in [-0.15, -0.1) is 0 Å². The number of nitrogens with zero attached hydrogens (tertiary/aromatic N) is 2. The number of hydrogen-bond donors (Lipinski definition) is 7. The van der Waals surface area contributed by atoms with Crippen LogP contribution in [0.25, 0.3) is 22.9 Å². The molecule has 12 rings (SSSR count). The van der Waals surface area contributed by atoms with E-state index in [4.69, 9.17) is 9.98 Å². The van der Waals surface area contributed by atoms with Crippen LogP contribution >= 0.6 is 0 Å². The summed E-state index contributed by atoms with van der Waals surface area (Å²) in [6.45, 7) is 0.467. The number of phenolic OH excluding ortho intramolecular Hbond substituents is 5. The molecule has 9 atom stereocenters. The molecule has 0 bridgehead atoms. The molecule has 3 fully saturated rings. The number of benzene rings is 4. The Hall–Kier alpha value is -5.64. The van der Waals surface area contributed by atoms with Crippen molar-refractivity contribution in [1.82, 2.24) is 5.32 Å². The van der Waals surface area contributed by atoms with Crippen LogP contribution < -0.4 is 5.32 Å². The Labute approximate surface area is 367 Å². The molecule has 0 amide bonds. The summed E-state index contributed by atoms with van der Waals surface area (Å²) in [6.07, 6.45) is 27.3. The quantitative estimate of drug-likeness (QED) is 0.0579. The van der Waals surface area contributed by atoms with Crippen molar-refractivity contribution in [3.63, 3.8) is 0 Å². The number of hydrogen-bond acceptors (Lipinski definition) is 9. The zero-order valence-electron chi connectivity index (χ0n) is 35.5. The lowest BCUT2D eigenvalue weighted by Crippen LogP contribution is -2.74. The zero-order chi connectivity index (χ0) is 42.8. The van der Waals surface area contributed by atoms with E-state index in [1.165, 1.54) is 85.4 Å². The van der Waals surface area contributed by atoms with E-state index in [0.29, 0.717) is 53.4 Å². The number of allylic oxidation sites excluding steroid dienone is 2. The van der Waals surface area contributed by atoms with Crippen molar-refractivity contribution >= 4 is 34.9 Å². The highest BCUT2D eigenvalue weighted by Crippen LogP contribution is 2.77. The topological polar surface area (TPSA) is 158 Å². The van der Waals surface area contributed by atoms with Crippen LogP contribution in [0, 0.1) is 34.0 Å². The molecule has 7 N–H and O–H groups in total. The van der Waals surface area contributed by atoms with Crippen molar-refractivity contribution in [2.75, 3.05) is 6.67 Å². The second kappa shape index (κ2) is 14.2. The van der Waals surface area contributed by atoms with E-state index < -0.39 is 6.10 Å². The third kappa shape index (κ3) is 5.42. The van der Waals surface area contributed by atoms with Gasteiger partial charge in [-0.1, -0.05) is 85.7 Å². The molecule has 2 heterocycles. The molecule has 0 unspecified atom stereocenters. The second-order valence-electron chi connectivity index (χ2n) is 19.9. The minimum absolute atomic E-state index is 0.000821. The first kappa shape index (κ1) is 39.0.